The maximum absolute atomic E-state index is 10.8. The summed E-state index contributed by atoms with van der Waals surface area (Å²) in [6, 6.07) is 8.62. The molecule has 0 bridgehead atoms. The number of phenolic OH excluding ortho intramolecular Hbond substituents is 2. The fourth-order valence-corrected chi connectivity index (χ4v) is 4.25. The van der Waals surface area contributed by atoms with E-state index in [9.17, 15) is 10.2 Å². The van der Waals surface area contributed by atoms with Crippen molar-refractivity contribution in [1.82, 2.24) is 9.80 Å². The van der Waals surface area contributed by atoms with Gasteiger partial charge in [0.1, 0.15) is 11.5 Å². The van der Waals surface area contributed by atoms with E-state index in [4.69, 9.17) is 0 Å². The highest BCUT2D eigenvalue weighted by atomic mass is 16.3. The van der Waals surface area contributed by atoms with Crippen LogP contribution < -0.4 is 0 Å². The van der Waals surface area contributed by atoms with E-state index in [1.165, 1.54) is 11.1 Å². The summed E-state index contributed by atoms with van der Waals surface area (Å²) in [5.74, 6) is 0.874. The number of phenols is 2. The van der Waals surface area contributed by atoms with Crippen molar-refractivity contribution < 1.29 is 10.2 Å². The summed E-state index contributed by atoms with van der Waals surface area (Å²) in [5.41, 5.74) is 6.67. The molecule has 0 saturated carbocycles. The third-order valence-corrected chi connectivity index (χ3v) is 6.77. The van der Waals surface area contributed by atoms with Crippen LogP contribution >= 0.6 is 0 Å². The van der Waals surface area contributed by atoms with Crippen LogP contribution in [0.2, 0.25) is 0 Å². The van der Waals surface area contributed by atoms with Crippen molar-refractivity contribution in [2.24, 2.45) is 0 Å². The number of rotatable bonds is 9. The Morgan fingerprint density at radius 3 is 1.15 bits per heavy atom. The summed E-state index contributed by atoms with van der Waals surface area (Å²) in [5, 5.41) is 21.6. The maximum atomic E-state index is 10.8. The number of aromatic hydroxyl groups is 2. The van der Waals surface area contributed by atoms with Gasteiger partial charge in [0.15, 0.2) is 0 Å². The first-order valence-corrected chi connectivity index (χ1v) is 12.7. The summed E-state index contributed by atoms with van der Waals surface area (Å²) in [6.07, 6.45) is 1.65. The molecule has 4 nitrogen and oxygen atoms in total. The van der Waals surface area contributed by atoms with Gasteiger partial charge in [-0.05, 0) is 60.0 Å². The van der Waals surface area contributed by atoms with Gasteiger partial charge in [0, 0.05) is 37.3 Å². The van der Waals surface area contributed by atoms with E-state index in [-0.39, 0.29) is 10.8 Å². The molecule has 190 valence electrons. The van der Waals surface area contributed by atoms with E-state index in [0.717, 1.165) is 48.2 Å². The van der Waals surface area contributed by atoms with Gasteiger partial charge >= 0.3 is 0 Å². The summed E-state index contributed by atoms with van der Waals surface area (Å²) in [6.45, 7) is 20.7. The van der Waals surface area contributed by atoms with Crippen molar-refractivity contribution >= 4 is 0 Å². The van der Waals surface area contributed by atoms with Crippen LogP contribution in [0.4, 0.5) is 0 Å². The number of hydrogen-bond donors (Lipinski definition) is 2. The molecule has 0 aromatic heterocycles. The van der Waals surface area contributed by atoms with E-state index in [1.54, 1.807) is 0 Å². The predicted octanol–water partition coefficient (Wildman–Crippen LogP) is 6.38. The molecule has 0 radical (unpaired) electrons. The highest BCUT2D eigenvalue weighted by molar-refractivity contribution is 5.46. The molecule has 4 heteroatoms. The lowest BCUT2D eigenvalue weighted by atomic mass is 9.84. The predicted molar refractivity (Wildman–Crippen MR) is 145 cm³/mol. The highest BCUT2D eigenvalue weighted by Gasteiger charge is 2.20. The molecular formula is C30H48N2O2. The van der Waals surface area contributed by atoms with Gasteiger partial charge in [0.05, 0.1) is 0 Å². The second kappa shape index (κ2) is 11.1. The van der Waals surface area contributed by atoms with Crippen molar-refractivity contribution in [2.45, 2.75) is 92.2 Å². The molecule has 0 aliphatic rings. The molecule has 0 saturated heterocycles. The third-order valence-electron chi connectivity index (χ3n) is 6.77. The van der Waals surface area contributed by atoms with Crippen molar-refractivity contribution in [1.29, 1.82) is 0 Å². The highest BCUT2D eigenvalue weighted by Crippen LogP contribution is 2.33. The molecule has 0 unspecified atom stereocenters. The SMILES string of the molecule is CCc1cc(C(C)(C)C)cc(CN(C)CCN(C)Cc2cc(C(C)(C)C)cc(CC)c2O)c1O. The monoisotopic (exact) mass is 468 g/mol. The minimum Gasteiger partial charge on any atom is -0.507 e. The molecule has 2 aromatic carbocycles. The average molecular weight is 469 g/mol. The average Bonchev–Trinajstić information content (AvgIpc) is 2.73. The second-order valence-corrected chi connectivity index (χ2v) is 12.0. The van der Waals surface area contributed by atoms with Crippen molar-refractivity contribution in [2.75, 3.05) is 27.2 Å². The smallest absolute Gasteiger partial charge is 0.123 e. The van der Waals surface area contributed by atoms with Gasteiger partial charge in [0.2, 0.25) is 0 Å². The lowest BCUT2D eigenvalue weighted by molar-refractivity contribution is 0.243. The fourth-order valence-electron chi connectivity index (χ4n) is 4.25. The van der Waals surface area contributed by atoms with Crippen LogP contribution in [-0.2, 0) is 36.8 Å². The molecule has 0 heterocycles. The molecule has 2 N–H and O–H groups in total. The van der Waals surface area contributed by atoms with E-state index in [2.05, 4.69) is 104 Å². The van der Waals surface area contributed by atoms with E-state index >= 15 is 0 Å². The fraction of sp³-hybridized carbons (Fsp3) is 0.600. The Balaban J connectivity index is 2.10. The van der Waals surface area contributed by atoms with Crippen LogP contribution in [0.1, 0.15) is 88.8 Å². The van der Waals surface area contributed by atoms with Gasteiger partial charge in [0.25, 0.3) is 0 Å². The summed E-state index contributed by atoms with van der Waals surface area (Å²) >= 11 is 0. The quantitative estimate of drug-likeness (QED) is 0.448. The summed E-state index contributed by atoms with van der Waals surface area (Å²) in [4.78, 5) is 4.53. The molecular weight excluding hydrogens is 420 g/mol. The molecule has 0 fully saturated rings. The topological polar surface area (TPSA) is 46.9 Å². The molecule has 0 aliphatic carbocycles. The Kier molecular flexibility index (Phi) is 9.23. The molecule has 34 heavy (non-hydrogen) atoms. The third kappa shape index (κ3) is 7.23. The molecule has 0 spiro atoms. The zero-order chi connectivity index (χ0) is 25.8. The molecule has 2 aromatic rings. The Labute approximate surface area is 208 Å². The van der Waals surface area contributed by atoms with Gasteiger partial charge < -0.3 is 20.0 Å². The Bertz CT molecular complexity index is 888. The van der Waals surface area contributed by atoms with Crippen LogP contribution in [0.25, 0.3) is 0 Å². The lowest BCUT2D eigenvalue weighted by Gasteiger charge is -2.26. The second-order valence-electron chi connectivity index (χ2n) is 12.0. The first-order valence-electron chi connectivity index (χ1n) is 12.7. The van der Waals surface area contributed by atoms with E-state index in [1.807, 2.05) is 0 Å². The lowest BCUT2D eigenvalue weighted by Crippen LogP contribution is -2.30. The standard InChI is InChI=1S/C30H48N2O2/c1-11-21-15-25(29(3,4)5)17-23(27(21)33)19-31(9)13-14-32(10)20-24-18-26(30(6,7)8)16-22(12-2)28(24)34/h15-18,33-34H,11-14,19-20H2,1-10H3. The van der Waals surface area contributed by atoms with Crippen molar-refractivity contribution in [3.8, 4) is 11.5 Å². The largest absolute Gasteiger partial charge is 0.507 e. The number of hydrogen-bond acceptors (Lipinski definition) is 4. The van der Waals surface area contributed by atoms with Crippen LogP contribution in [0.15, 0.2) is 24.3 Å². The molecule has 0 atom stereocenters. The Morgan fingerprint density at radius 2 is 0.882 bits per heavy atom. The van der Waals surface area contributed by atoms with Crippen LogP contribution in [0.5, 0.6) is 11.5 Å². The van der Waals surface area contributed by atoms with E-state index in [0.29, 0.717) is 24.6 Å². The number of likely N-dealkylation sites (N-methyl/N-ethyl adjacent to an activating group) is 2. The minimum atomic E-state index is 0.0477. The minimum absolute atomic E-state index is 0.0477. The van der Waals surface area contributed by atoms with Gasteiger partial charge in [-0.2, -0.15) is 0 Å². The first-order chi connectivity index (χ1) is 15.7. The van der Waals surface area contributed by atoms with Crippen LogP contribution in [0, 0.1) is 0 Å². The van der Waals surface area contributed by atoms with Crippen LogP contribution in [0.3, 0.4) is 0 Å². The zero-order valence-electron chi connectivity index (χ0n) is 23.3. The summed E-state index contributed by atoms with van der Waals surface area (Å²) in [7, 11) is 4.21. The van der Waals surface area contributed by atoms with Crippen molar-refractivity contribution in [3.05, 3.63) is 57.6 Å². The van der Waals surface area contributed by atoms with Crippen molar-refractivity contribution in [3.63, 3.8) is 0 Å². The van der Waals surface area contributed by atoms with Crippen LogP contribution in [-0.4, -0.2) is 47.2 Å². The Hall–Kier alpha value is -2.04. The molecule has 2 rings (SSSR count). The summed E-state index contributed by atoms with van der Waals surface area (Å²) < 4.78 is 0. The van der Waals surface area contributed by atoms with Gasteiger partial charge in [-0.3, -0.25) is 0 Å². The molecule has 0 amide bonds. The number of nitrogens with zero attached hydrogens (tertiary/aromatic N) is 2. The van der Waals surface area contributed by atoms with Gasteiger partial charge in [-0.15, -0.1) is 0 Å². The van der Waals surface area contributed by atoms with E-state index < -0.39 is 0 Å². The number of aryl methyl sites for hydroxylation is 2. The first kappa shape index (κ1) is 28.2. The van der Waals surface area contributed by atoms with Gasteiger partial charge in [-0.25, -0.2) is 0 Å². The maximum Gasteiger partial charge on any atom is 0.123 e. The molecule has 0 aliphatic heterocycles. The zero-order valence-corrected chi connectivity index (χ0v) is 23.3. The van der Waals surface area contributed by atoms with Gasteiger partial charge in [-0.1, -0.05) is 79.7 Å². The normalized spacial score (nSPS) is 12.7. The number of benzene rings is 2. The Morgan fingerprint density at radius 1 is 0.588 bits per heavy atom.